The second-order valence-electron chi connectivity index (χ2n) is 3.42. The molecule has 0 saturated carbocycles. The monoisotopic (exact) mass is 296 g/mol. The van der Waals surface area contributed by atoms with E-state index in [-0.39, 0.29) is 5.69 Å². The van der Waals surface area contributed by atoms with Crippen molar-refractivity contribution in [3.05, 3.63) is 30.2 Å². The van der Waals surface area contributed by atoms with Gasteiger partial charge < -0.3 is 0 Å². The summed E-state index contributed by atoms with van der Waals surface area (Å²) in [6, 6.07) is 2.85. The second-order valence-corrected chi connectivity index (χ2v) is 4.43. The van der Waals surface area contributed by atoms with E-state index < -0.39 is 12.2 Å². The van der Waals surface area contributed by atoms with Gasteiger partial charge in [-0.15, -0.1) is 0 Å². The summed E-state index contributed by atoms with van der Waals surface area (Å²) in [5.74, 6) is -2.38. The molecule has 0 atom stereocenters. The minimum absolute atomic E-state index is 0.169. The molecule has 106 valence electrons. The van der Waals surface area contributed by atoms with Crippen LogP contribution in [0.1, 0.15) is 12.1 Å². The van der Waals surface area contributed by atoms with Crippen LogP contribution in [-0.2, 0) is 14.1 Å². The molecule has 0 radical (unpaired) electrons. The van der Waals surface area contributed by atoms with E-state index in [1.54, 1.807) is 26.4 Å². The normalized spacial score (nSPS) is 10.7. The minimum atomic E-state index is -2.45. The highest BCUT2D eigenvalue weighted by molar-refractivity contribution is 7.99. The Morgan fingerprint density at radius 3 is 1.89 bits per heavy atom. The number of nitrogens with zero attached hydrogens (tertiary/aromatic N) is 4. The second kappa shape index (κ2) is 7.17. The van der Waals surface area contributed by atoms with Gasteiger partial charge in [-0.25, -0.2) is 8.78 Å². The Bertz CT molecular complexity index is 497. The fourth-order valence-electron chi connectivity index (χ4n) is 1.10. The number of rotatable bonds is 3. The molecule has 0 aliphatic rings. The van der Waals surface area contributed by atoms with Crippen LogP contribution >= 0.6 is 11.8 Å². The predicted octanol–water partition coefficient (Wildman–Crippen LogP) is 3.09. The van der Waals surface area contributed by atoms with Gasteiger partial charge in [-0.1, -0.05) is 0 Å². The highest BCUT2D eigenvalue weighted by atomic mass is 32.2. The van der Waals surface area contributed by atoms with Gasteiger partial charge in [0.15, 0.2) is 0 Å². The number of halogens is 4. The first-order valence-corrected chi connectivity index (χ1v) is 5.98. The largest absolute Gasteiger partial charge is 0.290 e. The third-order valence-electron chi connectivity index (χ3n) is 1.86. The highest BCUT2D eigenvalue weighted by Crippen LogP contribution is 2.22. The molecule has 0 aliphatic heterocycles. The van der Waals surface area contributed by atoms with Crippen LogP contribution in [-0.4, -0.2) is 25.3 Å². The van der Waals surface area contributed by atoms with Crippen molar-refractivity contribution < 1.29 is 17.6 Å². The van der Waals surface area contributed by atoms with Crippen molar-refractivity contribution in [2.45, 2.75) is 17.2 Å². The van der Waals surface area contributed by atoms with Crippen LogP contribution in [0, 0.1) is 0 Å². The summed E-state index contributed by atoms with van der Waals surface area (Å²) in [5.41, 5.74) is -0.169. The van der Waals surface area contributed by atoms with Crippen molar-refractivity contribution in [1.82, 2.24) is 19.6 Å². The molecule has 0 saturated heterocycles. The Morgan fingerprint density at radius 2 is 1.58 bits per heavy atom. The number of aromatic nitrogens is 4. The van der Waals surface area contributed by atoms with E-state index in [0.717, 1.165) is 0 Å². The van der Waals surface area contributed by atoms with Gasteiger partial charge in [0.1, 0.15) is 10.7 Å². The van der Waals surface area contributed by atoms with Crippen LogP contribution in [0.25, 0.3) is 0 Å². The summed E-state index contributed by atoms with van der Waals surface area (Å²) in [6.07, 6.45) is 0.665. The molecule has 0 fully saturated rings. The number of alkyl halides is 4. The molecule has 0 bridgehead atoms. The van der Waals surface area contributed by atoms with E-state index in [4.69, 9.17) is 0 Å². The van der Waals surface area contributed by atoms with Crippen molar-refractivity contribution >= 4 is 11.8 Å². The topological polar surface area (TPSA) is 35.6 Å². The van der Waals surface area contributed by atoms with Crippen LogP contribution < -0.4 is 0 Å². The Morgan fingerprint density at radius 1 is 1.00 bits per heavy atom. The van der Waals surface area contributed by atoms with Crippen LogP contribution in [0.5, 0.6) is 0 Å². The molecule has 2 aromatic heterocycles. The van der Waals surface area contributed by atoms with Gasteiger partial charge >= 0.3 is 0 Å². The molecule has 2 rings (SSSR count). The first kappa shape index (κ1) is 15.5. The summed E-state index contributed by atoms with van der Waals surface area (Å²) in [7, 11) is 3.29. The maximum Gasteiger partial charge on any atom is 0.290 e. The van der Waals surface area contributed by atoms with Gasteiger partial charge in [-0.2, -0.15) is 19.0 Å². The lowest BCUT2D eigenvalue weighted by Crippen LogP contribution is -1.90. The Hall–Kier alpha value is -1.51. The summed E-state index contributed by atoms with van der Waals surface area (Å²) in [5, 5.41) is 7.59. The molecular formula is C10H12F4N4S. The van der Waals surface area contributed by atoms with E-state index in [0.29, 0.717) is 16.8 Å². The SMILES string of the molecule is Cn1ccc(C(F)F)n1.Cn1ccc(SC(F)F)n1. The molecule has 0 aliphatic carbocycles. The molecule has 0 N–H and O–H groups in total. The smallest absolute Gasteiger partial charge is 0.275 e. The molecule has 0 unspecified atom stereocenters. The van der Waals surface area contributed by atoms with E-state index in [1.165, 1.54) is 21.6 Å². The molecule has 19 heavy (non-hydrogen) atoms. The molecule has 4 nitrogen and oxygen atoms in total. The van der Waals surface area contributed by atoms with Gasteiger partial charge in [0.05, 0.1) is 0 Å². The Labute approximate surface area is 111 Å². The Kier molecular flexibility index (Phi) is 5.87. The van der Waals surface area contributed by atoms with Crippen molar-refractivity contribution in [2.75, 3.05) is 0 Å². The quantitative estimate of drug-likeness (QED) is 0.645. The fourth-order valence-corrected chi connectivity index (χ4v) is 1.60. The third-order valence-corrected chi connectivity index (χ3v) is 2.49. The van der Waals surface area contributed by atoms with Crippen molar-refractivity contribution in [1.29, 1.82) is 0 Å². The molecule has 2 heterocycles. The summed E-state index contributed by atoms with van der Waals surface area (Å²) < 4.78 is 49.5. The average molecular weight is 296 g/mol. The zero-order valence-corrected chi connectivity index (χ0v) is 11.0. The molecule has 0 amide bonds. The van der Waals surface area contributed by atoms with Crippen LogP contribution in [0.2, 0.25) is 0 Å². The fraction of sp³-hybridized carbons (Fsp3) is 0.400. The van der Waals surface area contributed by atoms with Gasteiger partial charge in [0.25, 0.3) is 12.2 Å². The molecule has 0 spiro atoms. The van der Waals surface area contributed by atoms with Gasteiger partial charge in [-0.05, 0) is 23.9 Å². The van der Waals surface area contributed by atoms with Gasteiger partial charge in [0, 0.05) is 26.5 Å². The molecule has 0 aromatic carbocycles. The number of hydrogen-bond donors (Lipinski definition) is 0. The molecular weight excluding hydrogens is 284 g/mol. The lowest BCUT2D eigenvalue weighted by atomic mass is 10.5. The van der Waals surface area contributed by atoms with E-state index >= 15 is 0 Å². The maximum atomic E-state index is 11.7. The maximum absolute atomic E-state index is 11.7. The van der Waals surface area contributed by atoms with Crippen LogP contribution in [0.3, 0.4) is 0 Å². The first-order valence-electron chi connectivity index (χ1n) is 5.10. The van der Waals surface area contributed by atoms with Gasteiger partial charge in [-0.3, -0.25) is 9.36 Å². The number of aryl methyl sites for hydroxylation is 2. The Balaban J connectivity index is 0.000000191. The standard InChI is InChI=1S/C5H6F2N2S.C5H6F2N2/c1-9-3-2-4(8-9)10-5(6)7;1-9-3-2-4(8-9)5(6)7/h2-3,5H,1H3;2-3,5H,1H3. The van der Waals surface area contributed by atoms with Crippen molar-refractivity contribution in [3.8, 4) is 0 Å². The summed E-state index contributed by atoms with van der Waals surface area (Å²) >= 11 is 0.454. The zero-order chi connectivity index (χ0) is 14.4. The van der Waals surface area contributed by atoms with Crippen molar-refractivity contribution in [3.63, 3.8) is 0 Å². The summed E-state index contributed by atoms with van der Waals surface area (Å²) in [4.78, 5) is 0. The predicted molar refractivity (Wildman–Crippen MR) is 63.2 cm³/mol. The van der Waals surface area contributed by atoms with Gasteiger partial charge in [0.2, 0.25) is 0 Å². The third kappa shape index (κ3) is 5.77. The van der Waals surface area contributed by atoms with E-state index in [2.05, 4.69) is 10.2 Å². The van der Waals surface area contributed by atoms with Crippen molar-refractivity contribution in [2.24, 2.45) is 14.1 Å². The number of hydrogen-bond acceptors (Lipinski definition) is 3. The molecule has 9 heteroatoms. The summed E-state index contributed by atoms with van der Waals surface area (Å²) in [6.45, 7) is 0. The lowest BCUT2D eigenvalue weighted by Gasteiger charge is -1.91. The highest BCUT2D eigenvalue weighted by Gasteiger charge is 2.08. The number of thioether (sulfide) groups is 1. The van der Waals surface area contributed by atoms with E-state index in [1.807, 2.05) is 0 Å². The van der Waals surface area contributed by atoms with Crippen LogP contribution in [0.15, 0.2) is 29.6 Å². The lowest BCUT2D eigenvalue weighted by molar-refractivity contribution is 0.145. The molecule has 2 aromatic rings. The average Bonchev–Trinajstić information content (AvgIpc) is 2.88. The zero-order valence-electron chi connectivity index (χ0n) is 10.2. The van der Waals surface area contributed by atoms with E-state index in [9.17, 15) is 17.6 Å². The van der Waals surface area contributed by atoms with Crippen LogP contribution in [0.4, 0.5) is 17.6 Å². The minimum Gasteiger partial charge on any atom is -0.275 e. The first-order chi connectivity index (χ1) is 8.88.